The first kappa shape index (κ1) is 88.0. The van der Waals surface area contributed by atoms with Crippen LogP contribution in [0.15, 0.2) is 0 Å². The fraction of sp³-hybridized carbons (Fsp3) is 0.975. The molecule has 2 atom stereocenters. The minimum absolute atomic E-state index is 0.0379. The molecule has 0 saturated heterocycles. The summed E-state index contributed by atoms with van der Waals surface area (Å²) in [4.78, 5) is 36.0. The third kappa shape index (κ3) is 75.9. The van der Waals surface area contributed by atoms with Gasteiger partial charge in [0.05, 0.1) is 27.7 Å². The molecule has 0 fully saturated rings. The van der Waals surface area contributed by atoms with Crippen LogP contribution in [0, 0.1) is 0 Å². The quantitative estimate of drug-likeness (QED) is 0.0278. The molecular formula is C79H159NO8P+. The molecule has 0 rings (SSSR count). The number of phosphoric ester groups is 1. The highest BCUT2D eigenvalue weighted by molar-refractivity contribution is 7.47. The van der Waals surface area contributed by atoms with Gasteiger partial charge in [-0.1, -0.05) is 418 Å². The molecule has 0 aliphatic rings. The summed E-state index contributed by atoms with van der Waals surface area (Å²) in [6.07, 6.45) is 88.4. The first-order valence-corrected chi connectivity index (χ1v) is 41.8. The molecule has 0 aromatic carbocycles. The predicted molar refractivity (Wildman–Crippen MR) is 386 cm³/mol. The van der Waals surface area contributed by atoms with Gasteiger partial charge in [-0.05, 0) is 12.8 Å². The summed E-state index contributed by atoms with van der Waals surface area (Å²) in [5, 5.41) is 0. The molecule has 0 bridgehead atoms. The Bertz CT molecular complexity index is 1460. The largest absolute Gasteiger partial charge is 0.472 e. The number of hydrogen-bond donors (Lipinski definition) is 1. The molecule has 0 aliphatic carbocycles. The van der Waals surface area contributed by atoms with Gasteiger partial charge in [-0.15, -0.1) is 0 Å². The van der Waals surface area contributed by atoms with Crippen LogP contribution in [0.5, 0.6) is 0 Å². The van der Waals surface area contributed by atoms with Crippen molar-refractivity contribution in [2.75, 3.05) is 47.5 Å². The third-order valence-corrected chi connectivity index (χ3v) is 19.9. The molecule has 0 radical (unpaired) electrons. The Morgan fingerprint density at radius 3 is 0.719 bits per heavy atom. The minimum atomic E-state index is -4.39. The molecule has 89 heavy (non-hydrogen) atoms. The Morgan fingerprint density at radius 1 is 0.303 bits per heavy atom. The fourth-order valence-electron chi connectivity index (χ4n) is 12.7. The Hall–Kier alpha value is -0.990. The number of phosphoric acid groups is 1. The molecular weight excluding hydrogens is 1120 g/mol. The maximum atomic E-state index is 12.9. The van der Waals surface area contributed by atoms with Crippen molar-refractivity contribution < 1.29 is 42.1 Å². The van der Waals surface area contributed by atoms with Crippen LogP contribution in [0.1, 0.15) is 444 Å². The Balaban J connectivity index is 3.88. The summed E-state index contributed by atoms with van der Waals surface area (Å²) in [6.45, 7) is 4.55. The number of quaternary nitrogens is 1. The maximum absolute atomic E-state index is 12.9. The van der Waals surface area contributed by atoms with E-state index in [4.69, 9.17) is 18.5 Å². The van der Waals surface area contributed by atoms with Crippen molar-refractivity contribution in [3.63, 3.8) is 0 Å². The van der Waals surface area contributed by atoms with Crippen molar-refractivity contribution >= 4 is 19.8 Å². The second-order valence-corrected chi connectivity index (χ2v) is 30.6. The van der Waals surface area contributed by atoms with Crippen molar-refractivity contribution in [1.29, 1.82) is 0 Å². The van der Waals surface area contributed by atoms with E-state index in [1.54, 1.807) is 0 Å². The predicted octanol–water partition coefficient (Wildman–Crippen LogP) is 26.5. The van der Waals surface area contributed by atoms with Crippen LogP contribution in [0.4, 0.5) is 0 Å². The van der Waals surface area contributed by atoms with E-state index in [-0.39, 0.29) is 25.6 Å². The number of rotatable bonds is 77. The molecule has 2 unspecified atom stereocenters. The van der Waals surface area contributed by atoms with E-state index in [1.807, 2.05) is 21.1 Å². The second-order valence-electron chi connectivity index (χ2n) is 29.2. The van der Waals surface area contributed by atoms with Gasteiger partial charge in [0.25, 0.3) is 0 Å². The van der Waals surface area contributed by atoms with Gasteiger partial charge >= 0.3 is 19.8 Å². The van der Waals surface area contributed by atoms with Crippen LogP contribution >= 0.6 is 7.82 Å². The van der Waals surface area contributed by atoms with E-state index < -0.39 is 26.5 Å². The van der Waals surface area contributed by atoms with E-state index in [0.717, 1.165) is 38.5 Å². The van der Waals surface area contributed by atoms with Crippen LogP contribution in [0.3, 0.4) is 0 Å². The number of unbranched alkanes of at least 4 members (excludes halogenated alkanes) is 63. The standard InChI is InChI=1S/C79H158NO8P/c1-6-8-10-12-14-16-18-20-22-24-26-28-30-32-34-36-38-39-40-41-42-44-46-48-50-52-54-56-58-60-62-64-66-68-70-72-79(82)88-77(76-87-89(83,84)86-74-73-80(3,4)5)75-85-78(81)71-69-67-65-63-61-59-57-55-53-51-49-47-45-43-37-35-33-31-29-27-25-23-21-19-17-15-13-11-9-7-2/h77H,6-76H2,1-5H3/p+1. The summed E-state index contributed by atoms with van der Waals surface area (Å²) < 4.78 is 34.8. The molecule has 0 aromatic heterocycles. The number of carbonyl (C=O) groups is 2. The summed E-state index contributed by atoms with van der Waals surface area (Å²) in [5.41, 5.74) is 0. The molecule has 10 heteroatoms. The van der Waals surface area contributed by atoms with Gasteiger partial charge in [0.2, 0.25) is 0 Å². The van der Waals surface area contributed by atoms with E-state index in [9.17, 15) is 19.0 Å². The van der Waals surface area contributed by atoms with Crippen LogP contribution in [-0.2, 0) is 32.7 Å². The zero-order chi connectivity index (χ0) is 64.8. The SMILES string of the molecule is CCCCCCCCCCCCCCCCCCCCCCCCCCCCCCCCCCCCCC(=O)OC(COC(=O)CCCCCCCCCCCCCCCCCCCCCCCCCCCCCCCC)COP(=O)(O)OCC[N+](C)(C)C. The van der Waals surface area contributed by atoms with Gasteiger partial charge in [0.15, 0.2) is 6.10 Å². The monoisotopic (exact) mass is 1280 g/mol. The lowest BCUT2D eigenvalue weighted by Gasteiger charge is -2.24. The number of nitrogens with zero attached hydrogens (tertiary/aromatic N) is 1. The summed E-state index contributed by atoms with van der Waals surface area (Å²) in [5.74, 6) is -0.764. The third-order valence-electron chi connectivity index (χ3n) is 18.9. The normalized spacial score (nSPS) is 12.9. The lowest BCUT2D eigenvalue weighted by molar-refractivity contribution is -0.870. The highest BCUT2D eigenvalue weighted by atomic mass is 31.2. The number of likely N-dealkylation sites (N-methyl/N-ethyl adjacent to an activating group) is 1. The Kier molecular flexibility index (Phi) is 70.5. The topological polar surface area (TPSA) is 108 Å². The van der Waals surface area contributed by atoms with Gasteiger partial charge < -0.3 is 18.9 Å². The van der Waals surface area contributed by atoms with E-state index in [0.29, 0.717) is 17.4 Å². The molecule has 0 amide bonds. The van der Waals surface area contributed by atoms with Crippen molar-refractivity contribution in [3.8, 4) is 0 Å². The first-order chi connectivity index (χ1) is 43.5. The van der Waals surface area contributed by atoms with Gasteiger partial charge in [-0.2, -0.15) is 0 Å². The molecule has 0 saturated carbocycles. The maximum Gasteiger partial charge on any atom is 0.472 e. The number of esters is 2. The zero-order valence-electron chi connectivity index (χ0n) is 61.0. The smallest absolute Gasteiger partial charge is 0.462 e. The first-order valence-electron chi connectivity index (χ1n) is 40.3. The lowest BCUT2D eigenvalue weighted by Crippen LogP contribution is -2.37. The average molecular weight is 1280 g/mol. The van der Waals surface area contributed by atoms with E-state index in [1.165, 1.54) is 379 Å². The van der Waals surface area contributed by atoms with Crippen molar-refractivity contribution in [3.05, 3.63) is 0 Å². The summed E-state index contributed by atoms with van der Waals surface area (Å²) >= 11 is 0. The van der Waals surface area contributed by atoms with Gasteiger partial charge in [-0.25, -0.2) is 4.57 Å². The molecule has 0 aromatic rings. The van der Waals surface area contributed by atoms with Gasteiger partial charge in [0.1, 0.15) is 19.8 Å². The van der Waals surface area contributed by atoms with Gasteiger partial charge in [-0.3, -0.25) is 18.6 Å². The van der Waals surface area contributed by atoms with Crippen molar-refractivity contribution in [1.82, 2.24) is 0 Å². The Morgan fingerprint density at radius 2 is 0.506 bits per heavy atom. The number of ether oxygens (including phenoxy) is 2. The minimum Gasteiger partial charge on any atom is -0.462 e. The van der Waals surface area contributed by atoms with Crippen LogP contribution in [-0.4, -0.2) is 74.9 Å². The lowest BCUT2D eigenvalue weighted by atomic mass is 10.0. The average Bonchev–Trinajstić information content (AvgIpc) is 3.60. The fourth-order valence-corrected chi connectivity index (χ4v) is 13.5. The molecule has 0 aliphatic heterocycles. The number of hydrogen-bond acceptors (Lipinski definition) is 7. The highest BCUT2D eigenvalue weighted by Gasteiger charge is 2.27. The summed E-state index contributed by atoms with van der Waals surface area (Å²) in [6, 6.07) is 0. The van der Waals surface area contributed by atoms with E-state index >= 15 is 0 Å². The zero-order valence-corrected chi connectivity index (χ0v) is 61.9. The highest BCUT2D eigenvalue weighted by Crippen LogP contribution is 2.43. The molecule has 532 valence electrons. The van der Waals surface area contributed by atoms with Crippen LogP contribution in [0.25, 0.3) is 0 Å². The molecule has 1 N–H and O–H groups in total. The van der Waals surface area contributed by atoms with E-state index in [2.05, 4.69) is 13.8 Å². The van der Waals surface area contributed by atoms with Crippen LogP contribution < -0.4 is 0 Å². The second kappa shape index (κ2) is 71.3. The van der Waals surface area contributed by atoms with Crippen molar-refractivity contribution in [2.24, 2.45) is 0 Å². The molecule has 0 spiro atoms. The Labute approximate surface area is 556 Å². The molecule has 0 heterocycles. The summed E-state index contributed by atoms with van der Waals surface area (Å²) in [7, 11) is 1.51. The molecule has 9 nitrogen and oxygen atoms in total. The number of carbonyl (C=O) groups excluding carboxylic acids is 2. The van der Waals surface area contributed by atoms with Crippen LogP contribution in [0.2, 0.25) is 0 Å². The van der Waals surface area contributed by atoms with Gasteiger partial charge in [0, 0.05) is 12.8 Å². The van der Waals surface area contributed by atoms with Crippen molar-refractivity contribution in [2.45, 2.75) is 450 Å².